The van der Waals surface area contributed by atoms with E-state index in [9.17, 15) is 0 Å². The normalized spacial score (nSPS) is 8.55. The van der Waals surface area contributed by atoms with Crippen LogP contribution in [0.4, 0.5) is 5.82 Å². The molecule has 0 fully saturated rings. The summed E-state index contributed by atoms with van der Waals surface area (Å²) in [7, 11) is 1.81. The number of anilines is 1. The summed E-state index contributed by atoms with van der Waals surface area (Å²) in [5, 5.41) is 11.5. The van der Waals surface area contributed by atoms with Gasteiger partial charge in [-0.1, -0.05) is 6.07 Å². The molecule has 0 saturated carbocycles. The van der Waals surface area contributed by atoms with Crippen molar-refractivity contribution in [2.24, 2.45) is 0 Å². The van der Waals surface area contributed by atoms with Crippen molar-refractivity contribution in [3.05, 3.63) is 23.9 Å². The maximum Gasteiger partial charge on any atom is 0.125 e. The molecule has 57 valence electrons. The van der Waals surface area contributed by atoms with E-state index in [2.05, 4.69) is 10.3 Å². The molecule has 0 aliphatic carbocycles. The second kappa shape index (κ2) is 5.64. The van der Waals surface area contributed by atoms with Gasteiger partial charge in [-0.15, -0.1) is 0 Å². The number of hydrogen-bond acceptors (Lipinski definition) is 3. The minimum Gasteiger partial charge on any atom is -0.392 e. The van der Waals surface area contributed by atoms with Gasteiger partial charge in [0.15, 0.2) is 0 Å². The number of aliphatic hydroxyl groups is 1. The van der Waals surface area contributed by atoms with Crippen LogP contribution >= 0.6 is 0 Å². The van der Waals surface area contributed by atoms with Crippen LogP contribution in [0.1, 0.15) is 5.56 Å². The number of pyridine rings is 1. The molecule has 0 atom stereocenters. The molecule has 0 aliphatic heterocycles. The van der Waals surface area contributed by atoms with Gasteiger partial charge in [0.1, 0.15) is 5.82 Å². The molecule has 1 aromatic rings. The van der Waals surface area contributed by atoms with Crippen molar-refractivity contribution >= 4 is 5.82 Å². The third-order valence-electron chi connectivity index (χ3n) is 1.26. The molecule has 0 unspecified atom stereocenters. The van der Waals surface area contributed by atoms with E-state index in [4.69, 9.17) is 5.11 Å². The Morgan fingerprint density at radius 2 is 2.27 bits per heavy atom. The average Bonchev–Trinajstić information content (AvgIpc) is 2.05. The molecule has 0 spiro atoms. The van der Waals surface area contributed by atoms with Crippen molar-refractivity contribution in [2.45, 2.75) is 6.61 Å². The second-order valence-corrected chi connectivity index (χ2v) is 1.96. The van der Waals surface area contributed by atoms with E-state index in [0.717, 1.165) is 11.4 Å². The van der Waals surface area contributed by atoms with E-state index in [0.29, 0.717) is 0 Å². The number of hydrogen-bond donors (Lipinski definition) is 2. The smallest absolute Gasteiger partial charge is 0.125 e. The summed E-state index contributed by atoms with van der Waals surface area (Å²) in [4.78, 5) is 4.00. The van der Waals surface area contributed by atoms with Gasteiger partial charge in [-0.3, -0.25) is 0 Å². The molecule has 0 saturated heterocycles. The van der Waals surface area contributed by atoms with Crippen molar-refractivity contribution < 1.29 is 37.8 Å². The third-order valence-corrected chi connectivity index (χ3v) is 1.26. The molecule has 4 heteroatoms. The van der Waals surface area contributed by atoms with Gasteiger partial charge in [0.2, 0.25) is 0 Å². The fraction of sp³-hybridized carbons (Fsp3) is 0.286. The molecule has 3 nitrogen and oxygen atoms in total. The minimum absolute atomic E-state index is 0. The predicted octanol–water partition coefficient (Wildman–Crippen LogP) is 0.613. The van der Waals surface area contributed by atoms with Crippen LogP contribution in [0.3, 0.4) is 0 Å². The first-order valence-electron chi connectivity index (χ1n) is 3.10. The standard InChI is InChI=1S/C7H10N2O.Y/c1-8-7-3-2-6(5-10)4-9-7;/h2-4,10H,5H2,1H3,(H,8,9);. The number of aliphatic hydroxyl groups excluding tert-OH is 1. The summed E-state index contributed by atoms with van der Waals surface area (Å²) >= 11 is 0. The molecule has 0 aliphatic rings. The maximum absolute atomic E-state index is 8.64. The van der Waals surface area contributed by atoms with Crippen molar-refractivity contribution in [3.8, 4) is 0 Å². The maximum atomic E-state index is 8.64. The number of rotatable bonds is 2. The Labute approximate surface area is 91.1 Å². The third kappa shape index (κ3) is 3.27. The quantitative estimate of drug-likeness (QED) is 0.778. The Morgan fingerprint density at radius 3 is 2.64 bits per heavy atom. The Morgan fingerprint density at radius 1 is 1.55 bits per heavy atom. The van der Waals surface area contributed by atoms with Gasteiger partial charge in [-0.2, -0.15) is 0 Å². The van der Waals surface area contributed by atoms with Crippen LogP contribution in [0, 0.1) is 0 Å². The molecule has 0 amide bonds. The van der Waals surface area contributed by atoms with Crippen LogP contribution in [0.15, 0.2) is 18.3 Å². The van der Waals surface area contributed by atoms with Crippen LogP contribution in [0.25, 0.3) is 0 Å². The molecule has 0 bridgehead atoms. The first-order valence-corrected chi connectivity index (χ1v) is 3.10. The van der Waals surface area contributed by atoms with Crippen molar-refractivity contribution in [3.63, 3.8) is 0 Å². The van der Waals surface area contributed by atoms with Gasteiger partial charge in [-0.25, -0.2) is 4.98 Å². The van der Waals surface area contributed by atoms with Crippen LogP contribution in [0.2, 0.25) is 0 Å². The van der Waals surface area contributed by atoms with Gasteiger partial charge < -0.3 is 10.4 Å². The fourth-order valence-electron chi connectivity index (χ4n) is 0.666. The zero-order valence-corrected chi connectivity index (χ0v) is 9.25. The largest absolute Gasteiger partial charge is 0.392 e. The monoisotopic (exact) mass is 227 g/mol. The van der Waals surface area contributed by atoms with Crippen molar-refractivity contribution in [1.82, 2.24) is 4.98 Å². The van der Waals surface area contributed by atoms with E-state index in [1.165, 1.54) is 0 Å². The van der Waals surface area contributed by atoms with E-state index >= 15 is 0 Å². The van der Waals surface area contributed by atoms with E-state index in [1.807, 2.05) is 12.1 Å². The van der Waals surface area contributed by atoms with Crippen LogP contribution < -0.4 is 5.32 Å². The van der Waals surface area contributed by atoms with E-state index in [1.54, 1.807) is 13.2 Å². The summed E-state index contributed by atoms with van der Waals surface area (Å²) in [5.74, 6) is 0.817. The van der Waals surface area contributed by atoms with E-state index in [-0.39, 0.29) is 39.3 Å². The zero-order valence-electron chi connectivity index (χ0n) is 6.41. The topological polar surface area (TPSA) is 45.1 Å². The van der Waals surface area contributed by atoms with E-state index < -0.39 is 0 Å². The summed E-state index contributed by atoms with van der Waals surface area (Å²) < 4.78 is 0. The average molecular weight is 227 g/mol. The summed E-state index contributed by atoms with van der Waals surface area (Å²) in [5.41, 5.74) is 0.832. The molecular formula is C7H10N2OY. The zero-order chi connectivity index (χ0) is 7.40. The molecular weight excluding hydrogens is 217 g/mol. The van der Waals surface area contributed by atoms with Crippen molar-refractivity contribution in [1.29, 1.82) is 0 Å². The molecule has 1 aromatic heterocycles. The fourth-order valence-corrected chi connectivity index (χ4v) is 0.666. The first-order chi connectivity index (χ1) is 4.86. The van der Waals surface area contributed by atoms with Gasteiger partial charge in [-0.05, 0) is 11.6 Å². The van der Waals surface area contributed by atoms with Gasteiger partial charge in [0, 0.05) is 46.0 Å². The van der Waals surface area contributed by atoms with Gasteiger partial charge in [0.25, 0.3) is 0 Å². The molecule has 1 radical (unpaired) electrons. The molecule has 1 heterocycles. The summed E-state index contributed by atoms with van der Waals surface area (Å²) in [6.45, 7) is 0.0526. The first kappa shape index (κ1) is 11.0. The molecule has 0 aromatic carbocycles. The van der Waals surface area contributed by atoms with Crippen LogP contribution in [-0.4, -0.2) is 17.1 Å². The Hall–Kier alpha value is 0.0139. The number of nitrogens with one attached hydrogen (secondary N) is 1. The summed E-state index contributed by atoms with van der Waals surface area (Å²) in [6, 6.07) is 3.66. The molecule has 11 heavy (non-hydrogen) atoms. The molecule has 2 N–H and O–H groups in total. The SMILES string of the molecule is CNc1ccc(CO)cn1.[Y]. The van der Waals surface area contributed by atoms with Gasteiger partial charge in [0.05, 0.1) is 6.61 Å². The second-order valence-electron chi connectivity index (χ2n) is 1.96. The predicted molar refractivity (Wildman–Crippen MR) is 39.7 cm³/mol. The van der Waals surface area contributed by atoms with Gasteiger partial charge >= 0.3 is 0 Å². The Bertz CT molecular complexity index is 177. The summed E-state index contributed by atoms with van der Waals surface area (Å²) in [6.07, 6.45) is 1.64. The van der Waals surface area contributed by atoms with Crippen LogP contribution in [-0.2, 0) is 39.3 Å². The van der Waals surface area contributed by atoms with Crippen LogP contribution in [0.5, 0.6) is 0 Å². The van der Waals surface area contributed by atoms with Crippen molar-refractivity contribution in [2.75, 3.05) is 12.4 Å². The Kier molecular flexibility index (Phi) is 5.64. The molecule has 1 rings (SSSR count). The number of aromatic nitrogens is 1. The Balaban J connectivity index is 0.000001000. The minimum atomic E-state index is 0. The number of nitrogens with zero attached hydrogens (tertiary/aromatic N) is 1.